The second-order valence-electron chi connectivity index (χ2n) is 2.98. The Morgan fingerprint density at radius 3 is 2.67 bits per heavy atom. The summed E-state index contributed by atoms with van der Waals surface area (Å²) in [6, 6.07) is 6.25. The normalized spacial score (nSPS) is 10.1. The molecule has 76 valence electrons. The van der Waals surface area contributed by atoms with Crippen LogP contribution in [0.5, 0.6) is 0 Å². The van der Waals surface area contributed by atoms with E-state index in [9.17, 15) is 4.79 Å². The molecule has 0 bridgehead atoms. The summed E-state index contributed by atoms with van der Waals surface area (Å²) in [7, 11) is 0. The van der Waals surface area contributed by atoms with Gasteiger partial charge in [0.05, 0.1) is 11.8 Å². The van der Waals surface area contributed by atoms with Crippen molar-refractivity contribution in [1.29, 1.82) is 0 Å². The van der Waals surface area contributed by atoms with E-state index in [1.807, 2.05) is 0 Å². The summed E-state index contributed by atoms with van der Waals surface area (Å²) in [5, 5.41) is 0. The Morgan fingerprint density at radius 2 is 2.07 bits per heavy atom. The van der Waals surface area contributed by atoms with Gasteiger partial charge in [-0.2, -0.15) is 0 Å². The average Bonchev–Trinajstić information content (AvgIpc) is 2.69. The number of carbonyl (C=O) groups excluding carboxylic acids is 1. The quantitative estimate of drug-likeness (QED) is 0.712. The Bertz CT molecular complexity index is 491. The van der Waals surface area contributed by atoms with Crippen LogP contribution in [0.4, 0.5) is 11.6 Å². The number of aromatic nitrogens is 1. The highest BCUT2D eigenvalue weighted by atomic mass is 16.3. The maximum atomic E-state index is 11.8. The highest BCUT2D eigenvalue weighted by molar-refractivity contribution is 6.10. The molecule has 0 atom stereocenters. The minimum absolute atomic E-state index is 0.108. The van der Waals surface area contributed by atoms with Crippen LogP contribution in [0.2, 0.25) is 0 Å². The summed E-state index contributed by atoms with van der Waals surface area (Å²) in [5.74, 6) is 0.318. The molecule has 0 aromatic carbocycles. The molecule has 0 radical (unpaired) electrons. The fourth-order valence-electron chi connectivity index (χ4n) is 1.22. The van der Waals surface area contributed by atoms with E-state index in [-0.39, 0.29) is 23.2 Å². The lowest BCUT2D eigenvalue weighted by Gasteiger charge is -2.02. The topological polar surface area (TPSA) is 95.1 Å². The SMILES string of the molecule is Nc1ccc(C(=O)c2ccco2)c(N)n1. The van der Waals surface area contributed by atoms with Crippen molar-refractivity contribution < 1.29 is 9.21 Å². The molecule has 5 nitrogen and oxygen atoms in total. The second-order valence-corrected chi connectivity index (χ2v) is 2.98. The summed E-state index contributed by atoms with van der Waals surface area (Å²) in [4.78, 5) is 15.6. The van der Waals surface area contributed by atoms with Crippen LogP contribution in [0.3, 0.4) is 0 Å². The van der Waals surface area contributed by atoms with Gasteiger partial charge in [-0.1, -0.05) is 0 Å². The molecule has 2 rings (SSSR count). The van der Waals surface area contributed by atoms with Gasteiger partial charge >= 0.3 is 0 Å². The van der Waals surface area contributed by atoms with Gasteiger partial charge in [-0.05, 0) is 24.3 Å². The Morgan fingerprint density at radius 1 is 1.27 bits per heavy atom. The maximum absolute atomic E-state index is 11.8. The first-order valence-electron chi connectivity index (χ1n) is 4.28. The molecule has 0 aliphatic rings. The highest BCUT2D eigenvalue weighted by Crippen LogP contribution is 2.16. The number of nitrogen functional groups attached to an aromatic ring is 2. The van der Waals surface area contributed by atoms with Gasteiger partial charge in [-0.3, -0.25) is 4.79 Å². The van der Waals surface area contributed by atoms with Gasteiger partial charge in [-0.25, -0.2) is 4.98 Å². The lowest BCUT2D eigenvalue weighted by atomic mass is 10.1. The molecule has 0 spiro atoms. The zero-order chi connectivity index (χ0) is 10.8. The number of anilines is 2. The number of rotatable bonds is 2. The lowest BCUT2D eigenvalue weighted by molar-refractivity contribution is 0.101. The van der Waals surface area contributed by atoms with Gasteiger partial charge in [-0.15, -0.1) is 0 Å². The van der Waals surface area contributed by atoms with E-state index < -0.39 is 0 Å². The summed E-state index contributed by atoms with van der Waals surface area (Å²) >= 11 is 0. The first kappa shape index (κ1) is 9.26. The van der Waals surface area contributed by atoms with Crippen molar-refractivity contribution in [1.82, 2.24) is 4.98 Å². The van der Waals surface area contributed by atoms with E-state index in [0.29, 0.717) is 5.56 Å². The number of ketones is 1. The van der Waals surface area contributed by atoms with Gasteiger partial charge in [0.15, 0.2) is 5.76 Å². The Hall–Kier alpha value is -2.30. The molecule has 0 amide bonds. The fraction of sp³-hybridized carbons (Fsp3) is 0. The van der Waals surface area contributed by atoms with Gasteiger partial charge in [0.25, 0.3) is 0 Å². The van der Waals surface area contributed by atoms with E-state index in [4.69, 9.17) is 15.9 Å². The minimum atomic E-state index is -0.301. The Kier molecular flexibility index (Phi) is 2.13. The molecule has 0 fully saturated rings. The van der Waals surface area contributed by atoms with E-state index in [1.165, 1.54) is 18.4 Å². The molecule has 0 aliphatic carbocycles. The fourth-order valence-corrected chi connectivity index (χ4v) is 1.22. The van der Waals surface area contributed by atoms with Crippen LogP contribution in [-0.2, 0) is 0 Å². The number of nitrogens with zero attached hydrogens (tertiary/aromatic N) is 1. The first-order valence-corrected chi connectivity index (χ1v) is 4.28. The van der Waals surface area contributed by atoms with Crippen molar-refractivity contribution in [3.63, 3.8) is 0 Å². The zero-order valence-electron chi connectivity index (χ0n) is 7.81. The molecule has 0 unspecified atom stereocenters. The Balaban J connectivity index is 2.42. The van der Waals surface area contributed by atoms with E-state index >= 15 is 0 Å². The van der Waals surface area contributed by atoms with Gasteiger partial charge in [0.2, 0.25) is 5.78 Å². The van der Waals surface area contributed by atoms with Crippen molar-refractivity contribution in [3.8, 4) is 0 Å². The molecule has 2 heterocycles. The van der Waals surface area contributed by atoms with Crippen LogP contribution in [0.15, 0.2) is 34.9 Å². The largest absolute Gasteiger partial charge is 0.461 e. The molecule has 15 heavy (non-hydrogen) atoms. The summed E-state index contributed by atoms with van der Waals surface area (Å²) in [5.41, 5.74) is 11.3. The predicted octanol–water partition coefficient (Wildman–Crippen LogP) is 1.07. The van der Waals surface area contributed by atoms with Crippen LogP contribution in [0.1, 0.15) is 16.1 Å². The van der Waals surface area contributed by atoms with Gasteiger partial charge < -0.3 is 15.9 Å². The van der Waals surface area contributed by atoms with Crippen molar-refractivity contribution in [2.75, 3.05) is 11.5 Å². The Labute approximate surface area is 85.7 Å². The molecule has 2 aromatic heterocycles. The highest BCUT2D eigenvalue weighted by Gasteiger charge is 2.15. The molecular formula is C10H9N3O2. The zero-order valence-corrected chi connectivity index (χ0v) is 7.81. The number of hydrogen-bond donors (Lipinski definition) is 2. The molecule has 4 N–H and O–H groups in total. The monoisotopic (exact) mass is 203 g/mol. The number of carbonyl (C=O) groups is 1. The smallest absolute Gasteiger partial charge is 0.231 e. The van der Waals surface area contributed by atoms with Crippen molar-refractivity contribution in [3.05, 3.63) is 41.9 Å². The molecule has 2 aromatic rings. The average molecular weight is 203 g/mol. The van der Waals surface area contributed by atoms with Crippen molar-refractivity contribution in [2.45, 2.75) is 0 Å². The summed E-state index contributed by atoms with van der Waals surface area (Å²) in [6.07, 6.45) is 1.42. The molecule has 5 heteroatoms. The van der Waals surface area contributed by atoms with Crippen molar-refractivity contribution >= 4 is 17.4 Å². The third-order valence-electron chi connectivity index (χ3n) is 1.94. The number of furan rings is 1. The molecule has 0 aliphatic heterocycles. The van der Waals surface area contributed by atoms with Crippen LogP contribution in [0, 0.1) is 0 Å². The van der Waals surface area contributed by atoms with E-state index in [2.05, 4.69) is 4.98 Å². The first-order chi connectivity index (χ1) is 7.18. The minimum Gasteiger partial charge on any atom is -0.461 e. The summed E-state index contributed by atoms with van der Waals surface area (Å²) in [6.45, 7) is 0. The van der Waals surface area contributed by atoms with E-state index in [0.717, 1.165) is 0 Å². The van der Waals surface area contributed by atoms with Crippen LogP contribution >= 0.6 is 0 Å². The van der Waals surface area contributed by atoms with E-state index in [1.54, 1.807) is 12.1 Å². The standard InChI is InChI=1S/C10H9N3O2/c11-8-4-3-6(10(12)13-8)9(14)7-2-1-5-15-7/h1-5H,(H4,11,12,13). The van der Waals surface area contributed by atoms with Crippen LogP contribution in [0.25, 0.3) is 0 Å². The van der Waals surface area contributed by atoms with Crippen LogP contribution in [-0.4, -0.2) is 10.8 Å². The third-order valence-corrected chi connectivity index (χ3v) is 1.94. The van der Waals surface area contributed by atoms with Gasteiger partial charge in [0.1, 0.15) is 11.6 Å². The molecule has 0 saturated carbocycles. The maximum Gasteiger partial charge on any atom is 0.231 e. The summed E-state index contributed by atoms with van der Waals surface area (Å²) < 4.78 is 4.97. The predicted molar refractivity (Wildman–Crippen MR) is 55.2 cm³/mol. The molecule has 0 saturated heterocycles. The third kappa shape index (κ3) is 1.67. The molecular weight excluding hydrogens is 194 g/mol. The lowest BCUT2D eigenvalue weighted by Crippen LogP contribution is -2.07. The number of nitrogens with two attached hydrogens (primary N) is 2. The van der Waals surface area contributed by atoms with Gasteiger partial charge in [0, 0.05) is 0 Å². The second kappa shape index (κ2) is 3.45. The van der Waals surface area contributed by atoms with Crippen LogP contribution < -0.4 is 11.5 Å². The number of pyridine rings is 1. The number of hydrogen-bond acceptors (Lipinski definition) is 5. The van der Waals surface area contributed by atoms with Crippen molar-refractivity contribution in [2.24, 2.45) is 0 Å².